The molecule has 0 aromatic carbocycles. The number of aliphatic imine (C=N–C) groups is 1. The highest BCUT2D eigenvalue weighted by Gasteiger charge is 2.08. The van der Waals surface area contributed by atoms with Crippen LogP contribution in [0.2, 0.25) is 0 Å². The maximum Gasteiger partial charge on any atom is 0.146 e. The van der Waals surface area contributed by atoms with Crippen molar-refractivity contribution in [3.63, 3.8) is 0 Å². The van der Waals surface area contributed by atoms with Gasteiger partial charge in [-0.3, -0.25) is 9.98 Å². The summed E-state index contributed by atoms with van der Waals surface area (Å²) in [5, 5.41) is 4.17. The van der Waals surface area contributed by atoms with Gasteiger partial charge in [0, 0.05) is 18.9 Å². The number of rotatable bonds is 2. The van der Waals surface area contributed by atoms with Crippen molar-refractivity contribution in [2.24, 2.45) is 10.8 Å². The number of aromatic nitrogens is 3. The van der Waals surface area contributed by atoms with E-state index in [1.165, 1.54) is 0 Å². The maximum absolute atomic E-state index is 5.40. The Morgan fingerprint density at radius 2 is 2.47 bits per heavy atom. The second kappa shape index (κ2) is 4.05. The van der Waals surface area contributed by atoms with Crippen molar-refractivity contribution in [1.82, 2.24) is 20.0 Å². The monoisotopic (exact) mass is 204 g/mol. The minimum atomic E-state index is 0.625. The molecule has 0 spiro atoms. The van der Waals surface area contributed by atoms with Crippen LogP contribution in [0.3, 0.4) is 0 Å². The zero-order valence-electron chi connectivity index (χ0n) is 8.38. The molecule has 2 heterocycles. The van der Waals surface area contributed by atoms with Gasteiger partial charge in [-0.15, -0.1) is 0 Å². The first-order valence-corrected chi connectivity index (χ1v) is 4.65. The zero-order valence-corrected chi connectivity index (χ0v) is 8.38. The fourth-order valence-corrected chi connectivity index (χ4v) is 1.38. The van der Waals surface area contributed by atoms with Crippen molar-refractivity contribution in [2.75, 3.05) is 6.54 Å². The smallest absolute Gasteiger partial charge is 0.146 e. The normalized spacial score (nSPS) is 12.0. The minimum Gasteiger partial charge on any atom is -0.308 e. The highest BCUT2D eigenvalue weighted by molar-refractivity contribution is 6.03. The first-order valence-electron chi connectivity index (χ1n) is 4.65. The lowest BCUT2D eigenvalue weighted by Crippen LogP contribution is -2.31. The molecule has 0 saturated carbocycles. The Kier molecular flexibility index (Phi) is 2.59. The number of hydrazine groups is 1. The first kappa shape index (κ1) is 9.60. The molecule has 78 valence electrons. The Labute approximate surface area is 86.8 Å². The fourth-order valence-electron chi connectivity index (χ4n) is 1.38. The van der Waals surface area contributed by atoms with Crippen LogP contribution in [0.1, 0.15) is 12.5 Å². The van der Waals surface area contributed by atoms with E-state index in [1.54, 1.807) is 29.3 Å². The molecule has 6 heteroatoms. The number of hydrogen-bond donors (Lipinski definition) is 2. The fraction of sp³-hybridized carbons (Fsp3) is 0.222. The van der Waals surface area contributed by atoms with Crippen LogP contribution < -0.4 is 11.3 Å². The van der Waals surface area contributed by atoms with Gasteiger partial charge in [-0.25, -0.2) is 10.4 Å². The lowest BCUT2D eigenvalue weighted by Gasteiger charge is -2.02. The summed E-state index contributed by atoms with van der Waals surface area (Å²) in [4.78, 5) is 8.27. The minimum absolute atomic E-state index is 0.625. The summed E-state index contributed by atoms with van der Waals surface area (Å²) >= 11 is 0. The summed E-state index contributed by atoms with van der Waals surface area (Å²) in [6, 6.07) is 0. The Morgan fingerprint density at radius 1 is 1.60 bits per heavy atom. The van der Waals surface area contributed by atoms with Crippen molar-refractivity contribution in [3.05, 3.63) is 30.4 Å². The van der Waals surface area contributed by atoms with Gasteiger partial charge in [-0.1, -0.05) is 0 Å². The van der Waals surface area contributed by atoms with E-state index in [0.29, 0.717) is 12.4 Å². The third-order valence-electron chi connectivity index (χ3n) is 2.03. The third-order valence-corrected chi connectivity index (χ3v) is 2.03. The van der Waals surface area contributed by atoms with Crippen molar-refractivity contribution < 1.29 is 0 Å². The van der Waals surface area contributed by atoms with E-state index in [1.807, 2.05) is 6.92 Å². The van der Waals surface area contributed by atoms with Gasteiger partial charge in [-0.05, 0) is 6.92 Å². The van der Waals surface area contributed by atoms with E-state index in [0.717, 1.165) is 11.1 Å². The van der Waals surface area contributed by atoms with Gasteiger partial charge in [-0.2, -0.15) is 5.10 Å². The molecule has 0 saturated heterocycles. The molecule has 0 bridgehead atoms. The Morgan fingerprint density at radius 3 is 3.20 bits per heavy atom. The van der Waals surface area contributed by atoms with Crippen LogP contribution in [0.4, 0.5) is 0 Å². The van der Waals surface area contributed by atoms with E-state index >= 15 is 0 Å². The SMILES string of the molecule is CCN=C(NN)c1cnn2ccncc12. The third kappa shape index (κ3) is 1.66. The van der Waals surface area contributed by atoms with Gasteiger partial charge in [0.05, 0.1) is 23.5 Å². The number of nitrogens with one attached hydrogen (secondary N) is 1. The van der Waals surface area contributed by atoms with Gasteiger partial charge in [0.15, 0.2) is 0 Å². The summed E-state index contributed by atoms with van der Waals surface area (Å²) in [6.07, 6.45) is 6.89. The quantitative estimate of drug-likeness (QED) is 0.311. The van der Waals surface area contributed by atoms with E-state index in [4.69, 9.17) is 5.84 Å². The molecule has 0 aliphatic carbocycles. The van der Waals surface area contributed by atoms with Crippen LogP contribution in [0.15, 0.2) is 29.8 Å². The van der Waals surface area contributed by atoms with Crippen molar-refractivity contribution in [2.45, 2.75) is 6.92 Å². The predicted octanol–water partition coefficient (Wildman–Crippen LogP) is -0.0409. The molecule has 0 amide bonds. The number of hydrogen-bond acceptors (Lipinski definition) is 4. The summed E-state index contributed by atoms with van der Waals surface area (Å²) in [6.45, 7) is 2.61. The molecular weight excluding hydrogens is 192 g/mol. The molecule has 0 aliphatic rings. The zero-order chi connectivity index (χ0) is 10.7. The van der Waals surface area contributed by atoms with Crippen LogP contribution in [0, 0.1) is 0 Å². The number of nitrogens with two attached hydrogens (primary N) is 1. The molecule has 0 atom stereocenters. The molecule has 6 nitrogen and oxygen atoms in total. The molecule has 15 heavy (non-hydrogen) atoms. The van der Waals surface area contributed by atoms with Gasteiger partial charge >= 0.3 is 0 Å². The largest absolute Gasteiger partial charge is 0.308 e. The van der Waals surface area contributed by atoms with Gasteiger partial charge in [0.25, 0.3) is 0 Å². The van der Waals surface area contributed by atoms with Crippen molar-refractivity contribution in [3.8, 4) is 0 Å². The van der Waals surface area contributed by atoms with Crippen LogP contribution in [-0.2, 0) is 0 Å². The summed E-state index contributed by atoms with van der Waals surface area (Å²) in [5.41, 5.74) is 4.30. The molecule has 3 N–H and O–H groups in total. The topological polar surface area (TPSA) is 80.6 Å². The Hall–Kier alpha value is -1.95. The Bertz CT molecular complexity index is 486. The number of nitrogens with zero attached hydrogens (tertiary/aromatic N) is 4. The number of amidine groups is 1. The van der Waals surface area contributed by atoms with Gasteiger partial charge in [0.1, 0.15) is 5.84 Å². The molecule has 0 fully saturated rings. The van der Waals surface area contributed by atoms with Crippen LogP contribution in [0.25, 0.3) is 5.52 Å². The highest BCUT2D eigenvalue weighted by Crippen LogP contribution is 2.08. The number of fused-ring (bicyclic) bond motifs is 1. The van der Waals surface area contributed by atoms with Crippen LogP contribution in [0.5, 0.6) is 0 Å². The van der Waals surface area contributed by atoms with E-state index in [9.17, 15) is 0 Å². The lowest BCUT2D eigenvalue weighted by atomic mass is 10.3. The van der Waals surface area contributed by atoms with E-state index < -0.39 is 0 Å². The van der Waals surface area contributed by atoms with E-state index in [-0.39, 0.29) is 0 Å². The second-order valence-corrected chi connectivity index (χ2v) is 2.93. The lowest BCUT2D eigenvalue weighted by molar-refractivity contribution is 0.946. The van der Waals surface area contributed by atoms with Gasteiger partial charge in [0.2, 0.25) is 0 Å². The molecule has 2 rings (SSSR count). The Balaban J connectivity index is 2.56. The molecule has 0 unspecified atom stereocenters. The molecular formula is C9H12N6. The molecule has 0 radical (unpaired) electrons. The molecule has 2 aromatic rings. The van der Waals surface area contributed by atoms with Crippen LogP contribution in [-0.4, -0.2) is 27.0 Å². The average Bonchev–Trinajstić information content (AvgIpc) is 2.70. The van der Waals surface area contributed by atoms with Crippen LogP contribution >= 0.6 is 0 Å². The summed E-state index contributed by atoms with van der Waals surface area (Å²) in [5.74, 6) is 6.03. The second-order valence-electron chi connectivity index (χ2n) is 2.93. The van der Waals surface area contributed by atoms with Crippen molar-refractivity contribution in [1.29, 1.82) is 0 Å². The summed E-state index contributed by atoms with van der Waals surface area (Å²) < 4.78 is 1.73. The maximum atomic E-state index is 5.40. The molecule has 0 aliphatic heterocycles. The van der Waals surface area contributed by atoms with Gasteiger partial charge < -0.3 is 5.43 Å². The standard InChI is InChI=1S/C9H12N6/c1-2-12-9(14-10)7-5-13-15-4-3-11-6-8(7)15/h3-6H,2,10H2,1H3,(H,12,14). The van der Waals surface area contributed by atoms with Crippen molar-refractivity contribution >= 4 is 11.4 Å². The van der Waals surface area contributed by atoms with E-state index in [2.05, 4.69) is 20.5 Å². The predicted molar refractivity (Wildman–Crippen MR) is 57.4 cm³/mol. The average molecular weight is 204 g/mol. The first-order chi connectivity index (χ1) is 7.36. The molecule has 2 aromatic heterocycles. The highest BCUT2D eigenvalue weighted by atomic mass is 15.3. The summed E-state index contributed by atoms with van der Waals surface area (Å²) in [7, 11) is 0.